The Labute approximate surface area is 83.5 Å². The molecule has 14 heavy (non-hydrogen) atoms. The van der Waals surface area contributed by atoms with E-state index in [1.54, 1.807) is 19.3 Å². The van der Waals surface area contributed by atoms with Crippen LogP contribution >= 0.6 is 0 Å². The van der Waals surface area contributed by atoms with Gasteiger partial charge in [0.1, 0.15) is 5.76 Å². The minimum Gasteiger partial charge on any atom is -0.469 e. The van der Waals surface area contributed by atoms with Gasteiger partial charge in [0.15, 0.2) is 0 Å². The molecule has 0 fully saturated rings. The highest BCUT2D eigenvalue weighted by Crippen LogP contribution is 2.03. The summed E-state index contributed by atoms with van der Waals surface area (Å²) in [6.07, 6.45) is 7.73. The van der Waals surface area contributed by atoms with Crippen LogP contribution < -0.4 is 5.32 Å². The normalized spacial score (nSPS) is 11.7. The highest BCUT2D eigenvalue weighted by molar-refractivity contribution is 5.76. The Hall–Kier alpha value is -1.69. The van der Waals surface area contributed by atoms with Gasteiger partial charge in [0.05, 0.1) is 12.3 Å². The van der Waals surface area contributed by atoms with Crippen molar-refractivity contribution in [1.82, 2.24) is 5.32 Å². The Balaban J connectivity index is 2.26. The van der Waals surface area contributed by atoms with Crippen molar-refractivity contribution in [2.45, 2.75) is 25.8 Å². The third-order valence-electron chi connectivity index (χ3n) is 1.81. The van der Waals surface area contributed by atoms with Crippen molar-refractivity contribution in [3.8, 4) is 12.3 Å². The quantitative estimate of drug-likeness (QED) is 0.730. The Bertz CT molecular complexity index is 322. The van der Waals surface area contributed by atoms with Crippen molar-refractivity contribution >= 4 is 5.91 Å². The summed E-state index contributed by atoms with van der Waals surface area (Å²) in [4.78, 5) is 11.3. The molecule has 0 aliphatic heterocycles. The van der Waals surface area contributed by atoms with E-state index in [2.05, 4.69) is 11.2 Å². The number of hydrogen-bond donors (Lipinski definition) is 1. The van der Waals surface area contributed by atoms with Crippen LogP contribution in [0.5, 0.6) is 0 Å². The number of carbonyl (C=O) groups excluding carboxylic acids is 1. The van der Waals surface area contributed by atoms with Crippen molar-refractivity contribution in [3.05, 3.63) is 24.2 Å². The first-order valence-corrected chi connectivity index (χ1v) is 4.50. The lowest BCUT2D eigenvalue weighted by atomic mass is 10.2. The Morgan fingerprint density at radius 3 is 3.14 bits per heavy atom. The molecule has 0 bridgehead atoms. The summed E-state index contributed by atoms with van der Waals surface area (Å²) in [6.45, 7) is 1.77. The van der Waals surface area contributed by atoms with Gasteiger partial charge in [-0.15, -0.1) is 6.42 Å². The first-order chi connectivity index (χ1) is 6.72. The molecule has 1 atom stereocenters. The van der Waals surface area contributed by atoms with Gasteiger partial charge in [0.2, 0.25) is 5.91 Å². The van der Waals surface area contributed by atoms with Gasteiger partial charge in [-0.3, -0.25) is 4.79 Å². The predicted molar refractivity (Wildman–Crippen MR) is 53.5 cm³/mol. The molecule has 1 unspecified atom stereocenters. The van der Waals surface area contributed by atoms with Crippen LogP contribution in [-0.4, -0.2) is 11.9 Å². The summed E-state index contributed by atoms with van der Waals surface area (Å²) in [6, 6.07) is 3.44. The van der Waals surface area contributed by atoms with Crippen LogP contribution in [0.1, 0.15) is 19.1 Å². The van der Waals surface area contributed by atoms with E-state index in [0.717, 1.165) is 5.76 Å². The third kappa shape index (κ3) is 3.36. The van der Waals surface area contributed by atoms with Crippen molar-refractivity contribution < 1.29 is 9.21 Å². The maximum absolute atomic E-state index is 11.3. The summed E-state index contributed by atoms with van der Waals surface area (Å²) in [5.41, 5.74) is 0. The number of carbonyl (C=O) groups is 1. The molecule has 0 saturated heterocycles. The van der Waals surface area contributed by atoms with E-state index in [1.165, 1.54) is 0 Å². The number of rotatable bonds is 4. The van der Waals surface area contributed by atoms with Crippen molar-refractivity contribution in [1.29, 1.82) is 0 Å². The number of amides is 1. The van der Waals surface area contributed by atoms with E-state index < -0.39 is 0 Å². The highest BCUT2D eigenvalue weighted by atomic mass is 16.3. The molecule has 0 aliphatic rings. The SMILES string of the molecule is C#CC(C)NC(=O)CCc1ccco1. The largest absolute Gasteiger partial charge is 0.469 e. The number of terminal acetylenes is 1. The molecule has 0 radical (unpaired) electrons. The molecule has 1 aromatic heterocycles. The predicted octanol–water partition coefficient (Wildman–Crippen LogP) is 1.35. The minimum absolute atomic E-state index is 0.0492. The van der Waals surface area contributed by atoms with Gasteiger partial charge in [0.25, 0.3) is 0 Å². The zero-order valence-electron chi connectivity index (χ0n) is 8.12. The summed E-state index contributed by atoms with van der Waals surface area (Å²) >= 11 is 0. The first kappa shape index (κ1) is 10.4. The van der Waals surface area contributed by atoms with Gasteiger partial charge < -0.3 is 9.73 Å². The third-order valence-corrected chi connectivity index (χ3v) is 1.81. The minimum atomic E-state index is -0.209. The molecule has 1 amide bonds. The molecule has 1 aromatic rings. The topological polar surface area (TPSA) is 42.2 Å². The van der Waals surface area contributed by atoms with Crippen LogP contribution in [0.4, 0.5) is 0 Å². The average Bonchev–Trinajstić information content (AvgIpc) is 2.67. The lowest BCUT2D eigenvalue weighted by Gasteiger charge is -2.06. The molecule has 74 valence electrons. The van der Waals surface area contributed by atoms with Crippen LogP contribution in [-0.2, 0) is 11.2 Å². The standard InChI is InChI=1S/C11H13NO2/c1-3-9(2)12-11(13)7-6-10-5-4-8-14-10/h1,4-5,8-9H,6-7H2,2H3,(H,12,13). The fourth-order valence-corrected chi connectivity index (χ4v) is 1.05. The summed E-state index contributed by atoms with van der Waals surface area (Å²) in [7, 11) is 0. The molecule has 0 saturated carbocycles. The second-order valence-electron chi connectivity index (χ2n) is 3.04. The van der Waals surface area contributed by atoms with E-state index in [4.69, 9.17) is 10.8 Å². The van der Waals surface area contributed by atoms with Crippen molar-refractivity contribution in [2.24, 2.45) is 0 Å². The molecule has 0 aromatic carbocycles. The lowest BCUT2D eigenvalue weighted by Crippen LogP contribution is -2.31. The van der Waals surface area contributed by atoms with E-state index >= 15 is 0 Å². The Morgan fingerprint density at radius 2 is 2.57 bits per heavy atom. The van der Waals surface area contributed by atoms with Crippen LogP contribution in [0.25, 0.3) is 0 Å². The number of hydrogen-bond acceptors (Lipinski definition) is 2. The second-order valence-corrected chi connectivity index (χ2v) is 3.04. The maximum atomic E-state index is 11.3. The van der Waals surface area contributed by atoms with Crippen molar-refractivity contribution in [3.63, 3.8) is 0 Å². The Morgan fingerprint density at radius 1 is 1.79 bits per heavy atom. The van der Waals surface area contributed by atoms with Crippen LogP contribution in [0.2, 0.25) is 0 Å². The lowest BCUT2D eigenvalue weighted by molar-refractivity contribution is -0.121. The van der Waals surface area contributed by atoms with Gasteiger partial charge >= 0.3 is 0 Å². The number of nitrogens with one attached hydrogen (secondary N) is 1. The van der Waals surface area contributed by atoms with Gasteiger partial charge in [-0.05, 0) is 19.1 Å². The van der Waals surface area contributed by atoms with E-state index in [9.17, 15) is 4.79 Å². The van der Waals surface area contributed by atoms with Gasteiger partial charge in [-0.25, -0.2) is 0 Å². The summed E-state index contributed by atoms with van der Waals surface area (Å²) in [5.74, 6) is 3.20. The molecule has 1 heterocycles. The molecule has 1 N–H and O–H groups in total. The number of furan rings is 1. The smallest absolute Gasteiger partial charge is 0.221 e. The zero-order valence-corrected chi connectivity index (χ0v) is 8.12. The monoisotopic (exact) mass is 191 g/mol. The van der Waals surface area contributed by atoms with Gasteiger partial charge in [0, 0.05) is 12.8 Å². The highest BCUT2D eigenvalue weighted by Gasteiger charge is 2.05. The van der Waals surface area contributed by atoms with Crippen LogP contribution in [0.15, 0.2) is 22.8 Å². The van der Waals surface area contributed by atoms with E-state index in [-0.39, 0.29) is 11.9 Å². The van der Waals surface area contributed by atoms with E-state index in [1.807, 2.05) is 6.07 Å². The first-order valence-electron chi connectivity index (χ1n) is 4.50. The fourth-order valence-electron chi connectivity index (χ4n) is 1.05. The Kier molecular flexibility index (Phi) is 3.81. The zero-order chi connectivity index (χ0) is 10.4. The number of aryl methyl sites for hydroxylation is 1. The van der Waals surface area contributed by atoms with Gasteiger partial charge in [-0.1, -0.05) is 5.92 Å². The summed E-state index contributed by atoms with van der Waals surface area (Å²) in [5, 5.41) is 2.68. The summed E-state index contributed by atoms with van der Waals surface area (Å²) < 4.78 is 5.09. The average molecular weight is 191 g/mol. The van der Waals surface area contributed by atoms with Crippen molar-refractivity contribution in [2.75, 3.05) is 0 Å². The molecule has 3 heteroatoms. The molecule has 0 spiro atoms. The molecular weight excluding hydrogens is 178 g/mol. The second kappa shape index (κ2) is 5.13. The molecule has 3 nitrogen and oxygen atoms in total. The molecule has 0 aliphatic carbocycles. The molecular formula is C11H13NO2. The van der Waals surface area contributed by atoms with Crippen LogP contribution in [0, 0.1) is 12.3 Å². The maximum Gasteiger partial charge on any atom is 0.221 e. The van der Waals surface area contributed by atoms with Gasteiger partial charge in [-0.2, -0.15) is 0 Å². The van der Waals surface area contributed by atoms with Crippen LogP contribution in [0.3, 0.4) is 0 Å². The van der Waals surface area contributed by atoms with E-state index in [0.29, 0.717) is 12.8 Å². The fraction of sp³-hybridized carbons (Fsp3) is 0.364. The molecule has 1 rings (SSSR count).